The van der Waals surface area contributed by atoms with E-state index in [1.807, 2.05) is 0 Å². The highest BCUT2D eigenvalue weighted by Crippen LogP contribution is 2.15. The molecule has 0 saturated carbocycles. The Hall–Kier alpha value is -1.14. The molecule has 1 aromatic heterocycles. The number of hydrogen-bond donors (Lipinski definition) is 1. The van der Waals surface area contributed by atoms with E-state index in [-0.39, 0.29) is 0 Å². The van der Waals surface area contributed by atoms with Crippen LogP contribution >= 0.6 is 11.3 Å². The summed E-state index contributed by atoms with van der Waals surface area (Å²) in [5.41, 5.74) is 0.361. The molecular weight excluding hydrogens is 240 g/mol. The summed E-state index contributed by atoms with van der Waals surface area (Å²) < 4.78 is 9.55. The van der Waals surface area contributed by atoms with Gasteiger partial charge in [0.25, 0.3) is 0 Å². The molecule has 0 aromatic carbocycles. The summed E-state index contributed by atoms with van der Waals surface area (Å²) in [6.45, 7) is 1.67. The third-order valence-electron chi connectivity index (χ3n) is 2.20. The zero-order valence-electron chi connectivity index (χ0n) is 10.2. The zero-order valence-corrected chi connectivity index (χ0v) is 11.0. The van der Waals surface area contributed by atoms with E-state index >= 15 is 0 Å². The lowest BCUT2D eigenvalue weighted by molar-refractivity contribution is 0.0595. The molecule has 0 aliphatic carbocycles. The number of nitrogens with one attached hydrogen (secondary N) is 1. The minimum Gasteiger partial charge on any atom is -0.464 e. The first-order chi connectivity index (χ1) is 8.27. The number of ether oxygens (including phenoxy) is 2. The van der Waals surface area contributed by atoms with Crippen LogP contribution < -0.4 is 5.32 Å². The van der Waals surface area contributed by atoms with Crippen LogP contribution in [0.5, 0.6) is 0 Å². The van der Waals surface area contributed by atoms with Gasteiger partial charge in [-0.3, -0.25) is 0 Å². The van der Waals surface area contributed by atoms with Crippen molar-refractivity contribution >= 4 is 22.4 Å². The molecule has 0 aliphatic heterocycles. The van der Waals surface area contributed by atoms with Crippen LogP contribution in [0.2, 0.25) is 0 Å². The average Bonchev–Trinajstić information content (AvgIpc) is 2.81. The summed E-state index contributed by atoms with van der Waals surface area (Å²) in [5, 5.41) is 5.63. The minimum absolute atomic E-state index is 0.361. The lowest BCUT2D eigenvalue weighted by Crippen LogP contribution is -2.04. The van der Waals surface area contributed by atoms with Gasteiger partial charge in [0.2, 0.25) is 0 Å². The smallest absolute Gasteiger partial charge is 0.357 e. The van der Waals surface area contributed by atoms with Crippen molar-refractivity contribution in [3.63, 3.8) is 0 Å². The fourth-order valence-electron chi connectivity index (χ4n) is 1.30. The second kappa shape index (κ2) is 8.03. The summed E-state index contributed by atoms with van der Waals surface area (Å²) in [5.74, 6) is -0.394. The van der Waals surface area contributed by atoms with Gasteiger partial charge >= 0.3 is 5.97 Å². The molecule has 0 amide bonds. The Morgan fingerprint density at radius 2 is 2.24 bits per heavy atom. The van der Waals surface area contributed by atoms with Crippen molar-refractivity contribution in [1.82, 2.24) is 4.98 Å². The van der Waals surface area contributed by atoms with Gasteiger partial charge in [0.05, 0.1) is 7.11 Å². The molecule has 0 bridgehead atoms. The van der Waals surface area contributed by atoms with Crippen molar-refractivity contribution in [1.29, 1.82) is 0 Å². The van der Waals surface area contributed by atoms with E-state index in [4.69, 9.17) is 4.74 Å². The predicted molar refractivity (Wildman–Crippen MR) is 67.7 cm³/mol. The number of carbonyl (C=O) groups is 1. The standard InChI is InChI=1S/C11H18N2O3S/c1-15-7-5-3-4-6-12-11-13-9(8-17-11)10(14)16-2/h8H,3-7H2,1-2H3,(H,12,13). The van der Waals surface area contributed by atoms with E-state index in [1.165, 1.54) is 18.4 Å². The monoisotopic (exact) mass is 258 g/mol. The van der Waals surface area contributed by atoms with Crippen LogP contribution in [0, 0.1) is 0 Å². The van der Waals surface area contributed by atoms with Crippen molar-refractivity contribution in [3.8, 4) is 0 Å². The van der Waals surface area contributed by atoms with Crippen LogP contribution in [0.4, 0.5) is 5.13 Å². The van der Waals surface area contributed by atoms with Gasteiger partial charge in [-0.15, -0.1) is 11.3 Å². The second-order valence-corrected chi connectivity index (χ2v) is 4.37. The van der Waals surface area contributed by atoms with Crippen LogP contribution in [0.3, 0.4) is 0 Å². The van der Waals surface area contributed by atoms with Crippen LogP contribution in [0.15, 0.2) is 5.38 Å². The molecule has 0 aliphatic rings. The van der Waals surface area contributed by atoms with Crippen molar-refractivity contribution in [2.45, 2.75) is 19.3 Å². The van der Waals surface area contributed by atoms with Gasteiger partial charge in [-0.25, -0.2) is 9.78 Å². The normalized spacial score (nSPS) is 10.2. The third kappa shape index (κ3) is 5.14. The Balaban J connectivity index is 2.19. The SMILES string of the molecule is COCCCCCNc1nc(C(=O)OC)cs1. The number of aromatic nitrogens is 1. The topological polar surface area (TPSA) is 60.5 Å². The average molecular weight is 258 g/mol. The lowest BCUT2D eigenvalue weighted by Gasteiger charge is -2.02. The minimum atomic E-state index is -0.394. The zero-order chi connectivity index (χ0) is 12.5. The van der Waals surface area contributed by atoms with Crippen LogP contribution in [0.1, 0.15) is 29.8 Å². The maximum atomic E-state index is 11.2. The van der Waals surface area contributed by atoms with E-state index in [2.05, 4.69) is 15.0 Å². The summed E-state index contributed by atoms with van der Waals surface area (Å²) in [6.07, 6.45) is 3.26. The first-order valence-electron chi connectivity index (χ1n) is 5.54. The van der Waals surface area contributed by atoms with Gasteiger partial charge in [-0.05, 0) is 19.3 Å². The third-order valence-corrected chi connectivity index (χ3v) is 3.00. The molecule has 0 unspecified atom stereocenters. The van der Waals surface area contributed by atoms with Gasteiger partial charge in [-0.2, -0.15) is 0 Å². The van der Waals surface area contributed by atoms with E-state index in [0.29, 0.717) is 5.69 Å². The number of nitrogens with zero attached hydrogens (tertiary/aromatic N) is 1. The first-order valence-corrected chi connectivity index (χ1v) is 6.42. The summed E-state index contributed by atoms with van der Waals surface area (Å²) >= 11 is 1.41. The molecular formula is C11H18N2O3S. The molecule has 1 aromatic rings. The first kappa shape index (κ1) is 13.9. The van der Waals surface area contributed by atoms with Gasteiger partial charge in [0.15, 0.2) is 10.8 Å². The Morgan fingerprint density at radius 3 is 2.94 bits per heavy atom. The Labute approximate surface area is 105 Å². The molecule has 0 saturated heterocycles. The van der Waals surface area contributed by atoms with E-state index in [0.717, 1.165) is 37.5 Å². The van der Waals surface area contributed by atoms with Crippen LogP contribution in [-0.2, 0) is 9.47 Å². The second-order valence-electron chi connectivity index (χ2n) is 3.51. The molecule has 1 N–H and O–H groups in total. The largest absolute Gasteiger partial charge is 0.464 e. The number of rotatable bonds is 8. The molecule has 0 fully saturated rings. The summed E-state index contributed by atoms with van der Waals surface area (Å²) in [7, 11) is 3.06. The van der Waals surface area contributed by atoms with Crippen molar-refractivity contribution in [2.75, 3.05) is 32.7 Å². The van der Waals surface area contributed by atoms with E-state index in [9.17, 15) is 4.79 Å². The van der Waals surface area contributed by atoms with Gasteiger partial charge in [-0.1, -0.05) is 0 Å². The number of esters is 1. The highest BCUT2D eigenvalue weighted by atomic mass is 32.1. The summed E-state index contributed by atoms with van der Waals surface area (Å²) in [4.78, 5) is 15.3. The number of methoxy groups -OCH3 is 2. The van der Waals surface area contributed by atoms with Gasteiger partial charge in [0, 0.05) is 25.6 Å². The molecule has 0 atom stereocenters. The maximum absolute atomic E-state index is 11.2. The molecule has 17 heavy (non-hydrogen) atoms. The molecule has 96 valence electrons. The quantitative estimate of drug-likeness (QED) is 0.572. The fourth-order valence-corrected chi connectivity index (χ4v) is 2.01. The predicted octanol–water partition coefficient (Wildman–Crippen LogP) is 2.16. The number of anilines is 1. The Kier molecular flexibility index (Phi) is 6.57. The highest BCUT2D eigenvalue weighted by molar-refractivity contribution is 7.13. The van der Waals surface area contributed by atoms with Crippen molar-refractivity contribution < 1.29 is 14.3 Å². The molecule has 0 radical (unpaired) electrons. The summed E-state index contributed by atoms with van der Waals surface area (Å²) in [6, 6.07) is 0. The number of hydrogen-bond acceptors (Lipinski definition) is 6. The van der Waals surface area contributed by atoms with Gasteiger partial charge in [0.1, 0.15) is 0 Å². The van der Waals surface area contributed by atoms with Crippen LogP contribution in [0.25, 0.3) is 0 Å². The number of thiazole rings is 1. The Morgan fingerprint density at radius 1 is 1.41 bits per heavy atom. The maximum Gasteiger partial charge on any atom is 0.357 e. The number of unbranched alkanes of at least 4 members (excludes halogenated alkanes) is 2. The Bertz CT molecular complexity index is 341. The molecule has 6 heteroatoms. The van der Waals surface area contributed by atoms with Gasteiger partial charge < -0.3 is 14.8 Å². The molecule has 1 rings (SSSR count). The fraction of sp³-hybridized carbons (Fsp3) is 0.636. The molecule has 0 spiro atoms. The van der Waals surface area contributed by atoms with E-state index in [1.54, 1.807) is 12.5 Å². The highest BCUT2D eigenvalue weighted by Gasteiger charge is 2.09. The lowest BCUT2D eigenvalue weighted by atomic mass is 10.2. The van der Waals surface area contributed by atoms with Crippen molar-refractivity contribution in [2.24, 2.45) is 0 Å². The van der Waals surface area contributed by atoms with E-state index < -0.39 is 5.97 Å². The van der Waals surface area contributed by atoms with Crippen LogP contribution in [-0.4, -0.2) is 38.3 Å². The van der Waals surface area contributed by atoms with Crippen molar-refractivity contribution in [3.05, 3.63) is 11.1 Å². The molecule has 1 heterocycles. The number of carbonyl (C=O) groups excluding carboxylic acids is 1. The molecule has 5 nitrogen and oxygen atoms in total.